The summed E-state index contributed by atoms with van der Waals surface area (Å²) in [4.78, 5) is 34.5. The molecule has 1 aromatic carbocycles. The molecule has 0 aliphatic heterocycles. The van der Waals surface area contributed by atoms with Crippen LogP contribution < -0.4 is 10.9 Å². The van der Waals surface area contributed by atoms with Crippen molar-refractivity contribution in [1.29, 1.82) is 0 Å². The molecule has 26 heavy (non-hydrogen) atoms. The smallest absolute Gasteiger partial charge is 0.260 e. The molecule has 2 aromatic heterocycles. The Morgan fingerprint density at radius 3 is 2.85 bits per heavy atom. The van der Waals surface area contributed by atoms with Gasteiger partial charge in [0.2, 0.25) is 5.91 Å². The highest BCUT2D eigenvalue weighted by atomic mass is 32.2. The second-order valence-corrected chi connectivity index (χ2v) is 8.79. The number of carbonyl (C=O) groups excluding carboxylic acids is 1. The third-order valence-corrected chi connectivity index (χ3v) is 6.67. The summed E-state index contributed by atoms with van der Waals surface area (Å²) in [7, 11) is 0. The lowest BCUT2D eigenvalue weighted by atomic mass is 9.97. The summed E-state index contributed by atoms with van der Waals surface area (Å²) in [6, 6.07) is 9.34. The second kappa shape index (κ2) is 7.25. The van der Waals surface area contributed by atoms with E-state index in [1.165, 1.54) is 28.6 Å². The number of nitrogens with one attached hydrogen (secondary N) is 2. The Morgan fingerprint density at radius 1 is 1.27 bits per heavy atom. The maximum atomic E-state index is 12.6. The molecule has 4 rings (SSSR count). The topological polar surface area (TPSA) is 74.8 Å². The van der Waals surface area contributed by atoms with Gasteiger partial charge in [0.1, 0.15) is 4.83 Å². The van der Waals surface area contributed by atoms with Crippen molar-refractivity contribution in [2.45, 2.75) is 43.0 Å². The van der Waals surface area contributed by atoms with Gasteiger partial charge in [-0.2, -0.15) is 0 Å². The number of hydrogen-bond donors (Lipinski definition) is 2. The van der Waals surface area contributed by atoms with Crippen LogP contribution in [-0.2, 0) is 17.6 Å². The summed E-state index contributed by atoms with van der Waals surface area (Å²) in [5, 5.41) is 3.75. The molecule has 2 heterocycles. The average molecular weight is 386 g/mol. The summed E-state index contributed by atoms with van der Waals surface area (Å²) < 4.78 is 0. The van der Waals surface area contributed by atoms with Crippen LogP contribution in [0.4, 0.5) is 5.69 Å². The summed E-state index contributed by atoms with van der Waals surface area (Å²) in [6.07, 6.45) is 4.30. The first-order chi connectivity index (χ1) is 12.6. The maximum Gasteiger partial charge on any atom is 0.260 e. The number of nitrogens with zero attached hydrogens (tertiary/aromatic N) is 1. The molecule has 7 heteroatoms. The minimum absolute atomic E-state index is 0.0902. The van der Waals surface area contributed by atoms with Crippen molar-refractivity contribution in [2.24, 2.45) is 0 Å². The molecule has 5 nitrogen and oxygen atoms in total. The number of thioether (sulfide) groups is 1. The van der Waals surface area contributed by atoms with Crippen molar-refractivity contribution >= 4 is 44.9 Å². The van der Waals surface area contributed by atoms with E-state index in [-0.39, 0.29) is 16.7 Å². The number of benzene rings is 1. The number of aromatic nitrogens is 2. The van der Waals surface area contributed by atoms with Gasteiger partial charge >= 0.3 is 0 Å². The Morgan fingerprint density at radius 2 is 2.04 bits per heavy atom. The van der Waals surface area contributed by atoms with Crippen LogP contribution in [0.3, 0.4) is 0 Å². The van der Waals surface area contributed by atoms with Gasteiger partial charge in [-0.1, -0.05) is 30.0 Å². The molecule has 1 aliphatic carbocycles. The molecule has 0 bridgehead atoms. The average Bonchev–Trinajstić information content (AvgIpc) is 3.01. The molecule has 0 radical (unpaired) electrons. The van der Waals surface area contributed by atoms with Crippen LogP contribution >= 0.6 is 23.1 Å². The first-order valence-electron chi connectivity index (χ1n) is 8.69. The quantitative estimate of drug-likeness (QED) is 0.526. The third kappa shape index (κ3) is 3.41. The monoisotopic (exact) mass is 385 g/mol. The van der Waals surface area contributed by atoms with Gasteiger partial charge in [0.05, 0.1) is 10.6 Å². The van der Waals surface area contributed by atoms with E-state index in [1.807, 2.05) is 37.3 Å². The van der Waals surface area contributed by atoms with Crippen LogP contribution in [0.1, 0.15) is 30.2 Å². The van der Waals surface area contributed by atoms with Crippen molar-refractivity contribution in [1.82, 2.24) is 9.97 Å². The van der Waals surface area contributed by atoms with Crippen LogP contribution in [0.2, 0.25) is 0 Å². The molecule has 1 aliphatic rings. The van der Waals surface area contributed by atoms with E-state index in [0.717, 1.165) is 35.2 Å². The van der Waals surface area contributed by atoms with Crippen LogP contribution in [0, 0.1) is 0 Å². The van der Waals surface area contributed by atoms with E-state index in [0.29, 0.717) is 5.16 Å². The van der Waals surface area contributed by atoms with E-state index in [9.17, 15) is 9.59 Å². The minimum Gasteiger partial charge on any atom is -0.325 e. The summed E-state index contributed by atoms with van der Waals surface area (Å²) in [5.74, 6) is -0.116. The Hall–Kier alpha value is -2.12. The lowest BCUT2D eigenvalue weighted by Crippen LogP contribution is -2.23. The number of H-pyrrole nitrogens is 1. The summed E-state index contributed by atoms with van der Waals surface area (Å²) in [5.41, 5.74) is 1.84. The fourth-order valence-corrected chi connectivity index (χ4v) is 5.30. The predicted octanol–water partition coefficient (Wildman–Crippen LogP) is 3.98. The SMILES string of the molecule is C[C@@H](Sc1nc2sc3c(c2c(=O)[nH]1)CCCC3)C(=O)Nc1ccccc1. The normalized spacial score (nSPS) is 14.8. The number of carbonyl (C=O) groups is 1. The largest absolute Gasteiger partial charge is 0.325 e. The van der Waals surface area contributed by atoms with E-state index < -0.39 is 0 Å². The van der Waals surface area contributed by atoms with Gasteiger partial charge in [-0.05, 0) is 50.3 Å². The highest BCUT2D eigenvalue weighted by molar-refractivity contribution is 8.00. The number of thiophene rings is 1. The fourth-order valence-electron chi connectivity index (χ4n) is 3.19. The van der Waals surface area contributed by atoms with Crippen molar-refractivity contribution in [2.75, 3.05) is 5.32 Å². The summed E-state index contributed by atoms with van der Waals surface area (Å²) >= 11 is 2.89. The number of aromatic amines is 1. The van der Waals surface area contributed by atoms with Crippen molar-refractivity contribution in [3.05, 3.63) is 51.1 Å². The van der Waals surface area contributed by atoms with Crippen LogP contribution in [-0.4, -0.2) is 21.1 Å². The van der Waals surface area contributed by atoms with Crippen molar-refractivity contribution < 1.29 is 4.79 Å². The molecule has 0 spiro atoms. The Labute approximate surface area is 159 Å². The lowest BCUT2D eigenvalue weighted by molar-refractivity contribution is -0.115. The first kappa shape index (κ1) is 17.3. The zero-order valence-corrected chi connectivity index (χ0v) is 16.0. The highest BCUT2D eigenvalue weighted by Crippen LogP contribution is 2.34. The van der Waals surface area contributed by atoms with E-state index in [2.05, 4.69) is 15.3 Å². The van der Waals surface area contributed by atoms with Gasteiger partial charge in [0, 0.05) is 10.6 Å². The van der Waals surface area contributed by atoms with Gasteiger partial charge in [-0.15, -0.1) is 11.3 Å². The van der Waals surface area contributed by atoms with Crippen molar-refractivity contribution in [3.8, 4) is 0 Å². The zero-order valence-electron chi connectivity index (χ0n) is 14.4. The Bertz CT molecular complexity index is 1010. The lowest BCUT2D eigenvalue weighted by Gasteiger charge is -2.11. The predicted molar refractivity (Wildman–Crippen MR) is 107 cm³/mol. The third-order valence-electron chi connectivity index (χ3n) is 4.50. The van der Waals surface area contributed by atoms with Crippen LogP contribution in [0.25, 0.3) is 10.2 Å². The Balaban J connectivity index is 1.55. The molecule has 0 fully saturated rings. The Kier molecular flexibility index (Phi) is 4.82. The molecule has 1 amide bonds. The molecule has 0 unspecified atom stereocenters. The fraction of sp³-hybridized carbons (Fsp3) is 0.316. The molecule has 0 saturated carbocycles. The standard InChI is InChI=1S/C19H19N3O2S2/c1-11(16(23)20-12-7-3-2-4-8-12)25-19-21-17(24)15-13-9-5-6-10-14(13)26-18(15)22-19/h2-4,7-8,11H,5-6,9-10H2,1H3,(H,20,23)(H,21,22,24)/t11-/m1/s1. The first-order valence-corrected chi connectivity index (χ1v) is 10.4. The minimum atomic E-state index is -0.370. The molecule has 0 saturated heterocycles. The van der Waals surface area contributed by atoms with E-state index in [1.54, 1.807) is 11.3 Å². The summed E-state index contributed by atoms with van der Waals surface area (Å²) in [6.45, 7) is 1.81. The molecule has 3 aromatic rings. The van der Waals surface area contributed by atoms with E-state index in [4.69, 9.17) is 0 Å². The number of fused-ring (bicyclic) bond motifs is 3. The highest BCUT2D eigenvalue weighted by Gasteiger charge is 2.21. The van der Waals surface area contributed by atoms with Gasteiger partial charge in [-0.25, -0.2) is 4.98 Å². The van der Waals surface area contributed by atoms with Gasteiger partial charge < -0.3 is 10.3 Å². The molecule has 2 N–H and O–H groups in total. The number of anilines is 1. The van der Waals surface area contributed by atoms with Crippen LogP contribution in [0.5, 0.6) is 0 Å². The van der Waals surface area contributed by atoms with Gasteiger partial charge in [0.15, 0.2) is 5.16 Å². The van der Waals surface area contributed by atoms with Gasteiger partial charge in [0.25, 0.3) is 5.56 Å². The van der Waals surface area contributed by atoms with Crippen LogP contribution in [0.15, 0.2) is 40.3 Å². The zero-order chi connectivity index (χ0) is 18.1. The number of amides is 1. The molecular formula is C19H19N3O2S2. The number of aryl methyl sites for hydroxylation is 2. The van der Waals surface area contributed by atoms with Gasteiger partial charge in [-0.3, -0.25) is 9.59 Å². The molecular weight excluding hydrogens is 366 g/mol. The van der Waals surface area contributed by atoms with Crippen molar-refractivity contribution in [3.63, 3.8) is 0 Å². The molecule has 134 valence electrons. The molecule has 1 atom stereocenters. The maximum absolute atomic E-state index is 12.6. The number of rotatable bonds is 4. The number of para-hydroxylation sites is 1. The number of hydrogen-bond acceptors (Lipinski definition) is 5. The van der Waals surface area contributed by atoms with E-state index >= 15 is 0 Å². The second-order valence-electron chi connectivity index (χ2n) is 6.38.